The monoisotopic (exact) mass is 265 g/mol. The number of amides is 1. The summed E-state index contributed by atoms with van der Waals surface area (Å²) in [6, 6.07) is 4.46. The van der Waals surface area contributed by atoms with E-state index in [9.17, 15) is 9.18 Å². The molecular weight excluding hydrogens is 245 g/mol. The van der Waals surface area contributed by atoms with Crippen molar-refractivity contribution in [2.75, 3.05) is 5.43 Å². The largest absolute Gasteiger partial charge is 0.349 e. The highest BCUT2D eigenvalue weighted by molar-refractivity contribution is 5.99. The highest BCUT2D eigenvalue weighted by Crippen LogP contribution is 2.37. The van der Waals surface area contributed by atoms with Gasteiger partial charge in [-0.3, -0.25) is 10.6 Å². The number of hydrazine groups is 1. The first-order chi connectivity index (χ1) is 8.95. The van der Waals surface area contributed by atoms with E-state index in [0.29, 0.717) is 0 Å². The lowest BCUT2D eigenvalue weighted by Crippen LogP contribution is -2.41. The van der Waals surface area contributed by atoms with Crippen molar-refractivity contribution in [3.05, 3.63) is 29.6 Å². The lowest BCUT2D eigenvalue weighted by atomic mass is 9.87. The van der Waals surface area contributed by atoms with Crippen LogP contribution in [0, 0.1) is 11.2 Å². The third kappa shape index (κ3) is 2.71. The fourth-order valence-corrected chi connectivity index (χ4v) is 2.69. The second-order valence-corrected chi connectivity index (χ2v) is 5.71. The molecule has 0 heterocycles. The minimum Gasteiger partial charge on any atom is -0.349 e. The van der Waals surface area contributed by atoms with E-state index in [1.807, 2.05) is 0 Å². The first-order valence-electron chi connectivity index (χ1n) is 6.51. The molecule has 0 bridgehead atoms. The number of para-hydroxylation sites is 1. The van der Waals surface area contributed by atoms with Crippen molar-refractivity contribution in [1.82, 2.24) is 5.32 Å². The molecule has 1 unspecified atom stereocenters. The van der Waals surface area contributed by atoms with Gasteiger partial charge in [-0.15, -0.1) is 0 Å². The van der Waals surface area contributed by atoms with Crippen LogP contribution < -0.4 is 16.6 Å². The van der Waals surface area contributed by atoms with Crippen molar-refractivity contribution < 1.29 is 9.18 Å². The Hall–Kier alpha value is -1.62. The predicted octanol–water partition coefficient (Wildman–Crippen LogP) is 2.42. The summed E-state index contributed by atoms with van der Waals surface area (Å²) in [6.45, 7) is 4.28. The lowest BCUT2D eigenvalue weighted by Gasteiger charge is -2.28. The van der Waals surface area contributed by atoms with Crippen molar-refractivity contribution in [3.63, 3.8) is 0 Å². The van der Waals surface area contributed by atoms with E-state index in [1.54, 1.807) is 6.07 Å². The summed E-state index contributed by atoms with van der Waals surface area (Å²) in [5.74, 6) is 4.47. The number of carbonyl (C=O) groups is 1. The summed E-state index contributed by atoms with van der Waals surface area (Å²) in [5.41, 5.74) is 2.62. The van der Waals surface area contributed by atoms with Gasteiger partial charge in [0.15, 0.2) is 0 Å². The van der Waals surface area contributed by atoms with E-state index in [1.165, 1.54) is 12.1 Å². The van der Waals surface area contributed by atoms with Gasteiger partial charge in [-0.05, 0) is 30.4 Å². The van der Waals surface area contributed by atoms with Crippen LogP contribution in [0.25, 0.3) is 0 Å². The minimum absolute atomic E-state index is 0.0378. The molecule has 1 fully saturated rings. The van der Waals surface area contributed by atoms with Crippen LogP contribution in [0.2, 0.25) is 0 Å². The van der Waals surface area contributed by atoms with Crippen LogP contribution in [-0.4, -0.2) is 11.9 Å². The maximum absolute atomic E-state index is 13.6. The summed E-state index contributed by atoms with van der Waals surface area (Å²) in [5, 5.41) is 2.99. The average molecular weight is 265 g/mol. The van der Waals surface area contributed by atoms with Gasteiger partial charge in [0.1, 0.15) is 5.82 Å². The summed E-state index contributed by atoms with van der Waals surface area (Å²) >= 11 is 0. The van der Waals surface area contributed by atoms with Crippen molar-refractivity contribution in [2.24, 2.45) is 11.3 Å². The van der Waals surface area contributed by atoms with Crippen LogP contribution in [0.5, 0.6) is 0 Å². The number of carbonyl (C=O) groups excluding carboxylic acids is 1. The van der Waals surface area contributed by atoms with Gasteiger partial charge in [-0.25, -0.2) is 4.39 Å². The molecule has 1 atom stereocenters. The molecule has 1 aliphatic carbocycles. The topological polar surface area (TPSA) is 67.2 Å². The Morgan fingerprint density at radius 1 is 1.47 bits per heavy atom. The zero-order chi connectivity index (χ0) is 14.0. The van der Waals surface area contributed by atoms with E-state index in [4.69, 9.17) is 5.84 Å². The van der Waals surface area contributed by atoms with Crippen LogP contribution in [-0.2, 0) is 0 Å². The molecular formula is C14H20FN3O. The van der Waals surface area contributed by atoms with E-state index in [-0.39, 0.29) is 28.6 Å². The maximum Gasteiger partial charge on any atom is 0.253 e. The molecule has 4 N–H and O–H groups in total. The number of anilines is 1. The Morgan fingerprint density at radius 2 is 2.21 bits per heavy atom. The van der Waals surface area contributed by atoms with E-state index >= 15 is 0 Å². The van der Waals surface area contributed by atoms with Gasteiger partial charge in [-0.1, -0.05) is 26.3 Å². The smallest absolute Gasteiger partial charge is 0.253 e. The van der Waals surface area contributed by atoms with Crippen molar-refractivity contribution in [2.45, 2.75) is 39.2 Å². The maximum atomic E-state index is 13.6. The molecule has 1 amide bonds. The highest BCUT2D eigenvalue weighted by atomic mass is 19.1. The van der Waals surface area contributed by atoms with Crippen LogP contribution in [0.15, 0.2) is 18.2 Å². The standard InChI is InChI=1S/C14H20FN3O/c1-14(2)8-4-7-11(14)17-13(19)9-5-3-6-10(15)12(9)18-16/h3,5-6,11,18H,4,7-8,16H2,1-2H3,(H,17,19). The molecule has 1 saturated carbocycles. The van der Waals surface area contributed by atoms with Gasteiger partial charge in [-0.2, -0.15) is 0 Å². The van der Waals surface area contributed by atoms with Gasteiger partial charge >= 0.3 is 0 Å². The molecule has 1 aliphatic rings. The average Bonchev–Trinajstić information content (AvgIpc) is 2.68. The Labute approximate surface area is 112 Å². The van der Waals surface area contributed by atoms with Crippen LogP contribution in [0.1, 0.15) is 43.5 Å². The third-order valence-corrected chi connectivity index (χ3v) is 3.97. The minimum atomic E-state index is -0.527. The molecule has 0 radical (unpaired) electrons. The summed E-state index contributed by atoms with van der Waals surface area (Å²) in [6.07, 6.45) is 3.14. The summed E-state index contributed by atoms with van der Waals surface area (Å²) < 4.78 is 13.6. The fraction of sp³-hybridized carbons (Fsp3) is 0.500. The molecule has 2 rings (SSSR count). The first kappa shape index (κ1) is 13.8. The zero-order valence-electron chi connectivity index (χ0n) is 11.3. The van der Waals surface area contributed by atoms with Gasteiger partial charge in [0.05, 0.1) is 11.3 Å². The summed E-state index contributed by atoms with van der Waals surface area (Å²) in [7, 11) is 0. The number of nitrogens with two attached hydrogens (primary N) is 1. The summed E-state index contributed by atoms with van der Waals surface area (Å²) in [4.78, 5) is 12.2. The molecule has 4 nitrogen and oxygen atoms in total. The number of hydrogen-bond donors (Lipinski definition) is 3. The number of nitrogens with one attached hydrogen (secondary N) is 2. The Morgan fingerprint density at radius 3 is 2.79 bits per heavy atom. The predicted molar refractivity (Wildman–Crippen MR) is 73.1 cm³/mol. The molecule has 5 heteroatoms. The van der Waals surface area contributed by atoms with Gasteiger partial charge in [0.2, 0.25) is 0 Å². The van der Waals surface area contributed by atoms with E-state index in [2.05, 4.69) is 24.6 Å². The van der Waals surface area contributed by atoms with Crippen molar-refractivity contribution in [3.8, 4) is 0 Å². The molecule has 104 valence electrons. The second kappa shape index (κ2) is 5.17. The molecule has 0 spiro atoms. The molecule has 0 aliphatic heterocycles. The van der Waals surface area contributed by atoms with E-state index in [0.717, 1.165) is 19.3 Å². The highest BCUT2D eigenvalue weighted by Gasteiger charge is 2.35. The quantitative estimate of drug-likeness (QED) is 0.581. The van der Waals surface area contributed by atoms with Crippen molar-refractivity contribution in [1.29, 1.82) is 0 Å². The Kier molecular flexibility index (Phi) is 3.75. The SMILES string of the molecule is CC1(C)CCCC1NC(=O)c1cccc(F)c1NN. The molecule has 0 aromatic heterocycles. The Bertz CT molecular complexity index is 488. The zero-order valence-corrected chi connectivity index (χ0v) is 11.3. The number of nitrogen functional groups attached to an aromatic ring is 1. The van der Waals surface area contributed by atoms with Gasteiger partial charge in [0, 0.05) is 6.04 Å². The van der Waals surface area contributed by atoms with E-state index < -0.39 is 5.82 Å². The van der Waals surface area contributed by atoms with Gasteiger partial charge in [0.25, 0.3) is 5.91 Å². The molecule has 1 aromatic rings. The fourth-order valence-electron chi connectivity index (χ4n) is 2.69. The number of rotatable bonds is 3. The van der Waals surface area contributed by atoms with Crippen LogP contribution in [0.3, 0.4) is 0 Å². The second-order valence-electron chi connectivity index (χ2n) is 5.71. The van der Waals surface area contributed by atoms with Crippen LogP contribution >= 0.6 is 0 Å². The normalized spacial score (nSPS) is 21.2. The number of benzene rings is 1. The lowest BCUT2D eigenvalue weighted by molar-refractivity contribution is 0.0910. The number of halogens is 1. The molecule has 0 saturated heterocycles. The van der Waals surface area contributed by atoms with Crippen LogP contribution in [0.4, 0.5) is 10.1 Å². The number of hydrogen-bond acceptors (Lipinski definition) is 3. The van der Waals surface area contributed by atoms with Crippen molar-refractivity contribution >= 4 is 11.6 Å². The molecule has 19 heavy (non-hydrogen) atoms. The first-order valence-corrected chi connectivity index (χ1v) is 6.51. The molecule has 1 aromatic carbocycles. The Balaban J connectivity index is 2.19. The van der Waals surface area contributed by atoms with Gasteiger partial charge < -0.3 is 10.7 Å². The third-order valence-electron chi connectivity index (χ3n) is 3.97.